The standard InChI is InChI=1S/C14H18FN3/c15-14-5-12(8-17)4-13(6-14)10-18-3-1-2-11(7-16)9-18/h4-6,11H,1-3,7,9-10,16H2. The van der Waals surface area contributed by atoms with Crippen LogP contribution in [0.25, 0.3) is 0 Å². The molecule has 2 rings (SSSR count). The number of hydrogen-bond donors (Lipinski definition) is 1. The molecular formula is C14H18FN3. The quantitative estimate of drug-likeness (QED) is 0.887. The fourth-order valence-electron chi connectivity index (χ4n) is 2.55. The van der Waals surface area contributed by atoms with Crippen molar-refractivity contribution >= 4 is 0 Å². The summed E-state index contributed by atoms with van der Waals surface area (Å²) in [7, 11) is 0. The summed E-state index contributed by atoms with van der Waals surface area (Å²) in [5.41, 5.74) is 6.95. The highest BCUT2D eigenvalue weighted by Gasteiger charge is 2.18. The zero-order valence-electron chi connectivity index (χ0n) is 10.4. The highest BCUT2D eigenvalue weighted by Crippen LogP contribution is 2.18. The molecule has 0 spiro atoms. The Hall–Kier alpha value is -1.44. The summed E-state index contributed by atoms with van der Waals surface area (Å²) in [5.74, 6) is 0.208. The summed E-state index contributed by atoms with van der Waals surface area (Å²) in [6.45, 7) is 3.40. The molecule has 2 N–H and O–H groups in total. The van der Waals surface area contributed by atoms with Crippen molar-refractivity contribution in [3.05, 3.63) is 35.1 Å². The molecule has 1 fully saturated rings. The number of benzene rings is 1. The van der Waals surface area contributed by atoms with Gasteiger partial charge in [-0.1, -0.05) is 0 Å². The highest BCUT2D eigenvalue weighted by atomic mass is 19.1. The van der Waals surface area contributed by atoms with E-state index in [1.807, 2.05) is 6.07 Å². The lowest BCUT2D eigenvalue weighted by molar-refractivity contribution is 0.171. The highest BCUT2D eigenvalue weighted by molar-refractivity contribution is 5.33. The summed E-state index contributed by atoms with van der Waals surface area (Å²) in [6, 6.07) is 6.52. The topological polar surface area (TPSA) is 53.0 Å². The largest absolute Gasteiger partial charge is 0.330 e. The van der Waals surface area contributed by atoms with Crippen LogP contribution in [0.1, 0.15) is 24.0 Å². The molecule has 1 atom stereocenters. The number of nitrogens with two attached hydrogens (primary N) is 1. The van der Waals surface area contributed by atoms with E-state index in [0.29, 0.717) is 24.6 Å². The Labute approximate surface area is 107 Å². The van der Waals surface area contributed by atoms with E-state index in [4.69, 9.17) is 11.0 Å². The average Bonchev–Trinajstić information content (AvgIpc) is 2.38. The molecule has 1 aliphatic rings. The van der Waals surface area contributed by atoms with Crippen LogP contribution in [-0.2, 0) is 6.54 Å². The molecule has 0 aromatic heterocycles. The van der Waals surface area contributed by atoms with E-state index in [1.54, 1.807) is 6.07 Å². The van der Waals surface area contributed by atoms with E-state index < -0.39 is 0 Å². The lowest BCUT2D eigenvalue weighted by Crippen LogP contribution is -2.37. The maximum Gasteiger partial charge on any atom is 0.124 e. The van der Waals surface area contributed by atoms with Crippen LogP contribution in [0.5, 0.6) is 0 Å². The van der Waals surface area contributed by atoms with Gasteiger partial charge in [0.1, 0.15) is 5.82 Å². The third-order valence-electron chi connectivity index (χ3n) is 3.43. The molecule has 3 nitrogen and oxygen atoms in total. The van der Waals surface area contributed by atoms with Gasteiger partial charge in [0.25, 0.3) is 0 Å². The predicted molar refractivity (Wildman–Crippen MR) is 68.2 cm³/mol. The predicted octanol–water partition coefficient (Wildman–Crippen LogP) is 1.87. The van der Waals surface area contributed by atoms with Crippen molar-refractivity contribution in [2.45, 2.75) is 19.4 Å². The maximum atomic E-state index is 13.3. The Bertz CT molecular complexity index is 453. The molecule has 1 aliphatic heterocycles. The second-order valence-corrected chi connectivity index (χ2v) is 4.94. The van der Waals surface area contributed by atoms with E-state index in [1.165, 1.54) is 18.6 Å². The van der Waals surface area contributed by atoms with Gasteiger partial charge in [0.05, 0.1) is 11.6 Å². The van der Waals surface area contributed by atoms with Crippen molar-refractivity contribution in [3.8, 4) is 6.07 Å². The maximum absolute atomic E-state index is 13.3. The Balaban J connectivity index is 2.05. The molecule has 18 heavy (non-hydrogen) atoms. The van der Waals surface area contributed by atoms with Crippen molar-refractivity contribution < 1.29 is 4.39 Å². The summed E-state index contributed by atoms with van der Waals surface area (Å²) in [5, 5.41) is 8.83. The number of nitrogens with zero attached hydrogens (tertiary/aromatic N) is 2. The first-order valence-corrected chi connectivity index (χ1v) is 6.33. The van der Waals surface area contributed by atoms with Gasteiger partial charge in [0.2, 0.25) is 0 Å². The number of piperidine rings is 1. The van der Waals surface area contributed by atoms with Gasteiger partial charge in [-0.3, -0.25) is 4.90 Å². The van der Waals surface area contributed by atoms with Gasteiger partial charge in [-0.05, 0) is 55.6 Å². The number of halogens is 1. The monoisotopic (exact) mass is 247 g/mol. The van der Waals surface area contributed by atoms with E-state index in [9.17, 15) is 4.39 Å². The summed E-state index contributed by atoms with van der Waals surface area (Å²) in [6.07, 6.45) is 2.32. The van der Waals surface area contributed by atoms with Crippen LogP contribution in [0.15, 0.2) is 18.2 Å². The molecule has 1 aromatic rings. The zero-order chi connectivity index (χ0) is 13.0. The number of rotatable bonds is 3. The Morgan fingerprint density at radius 1 is 1.44 bits per heavy atom. The molecule has 4 heteroatoms. The third-order valence-corrected chi connectivity index (χ3v) is 3.43. The van der Waals surface area contributed by atoms with Gasteiger partial charge < -0.3 is 5.73 Å². The minimum Gasteiger partial charge on any atom is -0.330 e. The first-order chi connectivity index (χ1) is 8.71. The Morgan fingerprint density at radius 2 is 2.28 bits per heavy atom. The molecule has 0 amide bonds. The molecule has 1 aromatic carbocycles. The molecular weight excluding hydrogens is 229 g/mol. The van der Waals surface area contributed by atoms with E-state index >= 15 is 0 Å². The number of nitriles is 1. The molecule has 1 heterocycles. The summed E-state index contributed by atoms with van der Waals surface area (Å²) in [4.78, 5) is 2.29. The van der Waals surface area contributed by atoms with Crippen molar-refractivity contribution in [2.75, 3.05) is 19.6 Å². The lowest BCUT2D eigenvalue weighted by atomic mass is 9.97. The van der Waals surface area contributed by atoms with Crippen LogP contribution in [0.3, 0.4) is 0 Å². The normalized spacial score (nSPS) is 20.6. The molecule has 96 valence electrons. The van der Waals surface area contributed by atoms with Crippen molar-refractivity contribution in [1.82, 2.24) is 4.90 Å². The number of hydrogen-bond acceptors (Lipinski definition) is 3. The molecule has 0 bridgehead atoms. The van der Waals surface area contributed by atoms with E-state index in [-0.39, 0.29) is 5.82 Å². The van der Waals surface area contributed by atoms with Crippen molar-refractivity contribution in [1.29, 1.82) is 5.26 Å². The SMILES string of the molecule is N#Cc1cc(F)cc(CN2CCCC(CN)C2)c1. The van der Waals surface area contributed by atoms with E-state index in [2.05, 4.69) is 4.90 Å². The van der Waals surface area contributed by atoms with Crippen LogP contribution in [0, 0.1) is 23.1 Å². The minimum atomic E-state index is -0.337. The molecule has 1 saturated heterocycles. The van der Waals surface area contributed by atoms with Gasteiger partial charge in [0, 0.05) is 13.1 Å². The zero-order valence-corrected chi connectivity index (χ0v) is 10.4. The molecule has 0 radical (unpaired) electrons. The van der Waals surface area contributed by atoms with Crippen LogP contribution in [0.2, 0.25) is 0 Å². The lowest BCUT2D eigenvalue weighted by Gasteiger charge is -2.32. The van der Waals surface area contributed by atoms with Crippen LogP contribution >= 0.6 is 0 Å². The first kappa shape index (κ1) is 13.0. The summed E-state index contributed by atoms with van der Waals surface area (Å²) >= 11 is 0. The fraction of sp³-hybridized carbons (Fsp3) is 0.500. The van der Waals surface area contributed by atoms with Gasteiger partial charge in [-0.15, -0.1) is 0 Å². The molecule has 0 aliphatic carbocycles. The molecule has 0 saturated carbocycles. The van der Waals surface area contributed by atoms with Crippen LogP contribution in [-0.4, -0.2) is 24.5 Å². The second-order valence-electron chi connectivity index (χ2n) is 4.94. The smallest absolute Gasteiger partial charge is 0.124 e. The molecule has 1 unspecified atom stereocenters. The first-order valence-electron chi connectivity index (χ1n) is 6.33. The second kappa shape index (κ2) is 5.94. The van der Waals surface area contributed by atoms with Gasteiger partial charge >= 0.3 is 0 Å². The van der Waals surface area contributed by atoms with Gasteiger partial charge in [-0.2, -0.15) is 5.26 Å². The third kappa shape index (κ3) is 3.28. The van der Waals surface area contributed by atoms with Crippen molar-refractivity contribution in [2.24, 2.45) is 11.7 Å². The fourth-order valence-corrected chi connectivity index (χ4v) is 2.55. The van der Waals surface area contributed by atoms with Crippen LogP contribution in [0.4, 0.5) is 4.39 Å². The minimum absolute atomic E-state index is 0.337. The summed E-state index contributed by atoms with van der Waals surface area (Å²) < 4.78 is 13.3. The van der Waals surface area contributed by atoms with E-state index in [0.717, 1.165) is 25.1 Å². The van der Waals surface area contributed by atoms with Crippen molar-refractivity contribution in [3.63, 3.8) is 0 Å². The van der Waals surface area contributed by atoms with Crippen LogP contribution < -0.4 is 5.73 Å². The van der Waals surface area contributed by atoms with Gasteiger partial charge in [-0.25, -0.2) is 4.39 Å². The average molecular weight is 247 g/mol. The Kier molecular flexibility index (Phi) is 4.29. The Morgan fingerprint density at radius 3 is 3.00 bits per heavy atom. The number of likely N-dealkylation sites (tertiary alicyclic amines) is 1. The van der Waals surface area contributed by atoms with Gasteiger partial charge in [0.15, 0.2) is 0 Å².